The first-order valence-electron chi connectivity index (χ1n) is 6.81. The molecule has 7 heteroatoms. The van der Waals surface area contributed by atoms with Crippen molar-refractivity contribution in [3.8, 4) is 0 Å². The van der Waals surface area contributed by atoms with E-state index in [9.17, 15) is 9.59 Å². The van der Waals surface area contributed by atoms with Gasteiger partial charge in [0.15, 0.2) is 0 Å². The zero-order chi connectivity index (χ0) is 14.5. The van der Waals surface area contributed by atoms with Crippen molar-refractivity contribution in [1.82, 2.24) is 15.4 Å². The normalized spacial score (nSPS) is 18.9. The van der Waals surface area contributed by atoms with Crippen molar-refractivity contribution in [2.75, 3.05) is 26.2 Å². The van der Waals surface area contributed by atoms with E-state index < -0.39 is 0 Å². The van der Waals surface area contributed by atoms with Gasteiger partial charge in [0, 0.05) is 31.7 Å². The van der Waals surface area contributed by atoms with Gasteiger partial charge >= 0.3 is 0 Å². The third-order valence-corrected chi connectivity index (χ3v) is 3.47. The Labute approximate surface area is 117 Å². The molecule has 3 N–H and O–H groups in total. The lowest BCUT2D eigenvalue weighted by Gasteiger charge is -2.31. The van der Waals surface area contributed by atoms with Crippen molar-refractivity contribution in [2.45, 2.75) is 19.8 Å². The molecule has 2 amide bonds. The van der Waals surface area contributed by atoms with Gasteiger partial charge in [-0.3, -0.25) is 9.59 Å². The predicted octanol–water partition coefficient (Wildman–Crippen LogP) is -0.0899. The second-order valence-corrected chi connectivity index (χ2v) is 5.01. The van der Waals surface area contributed by atoms with E-state index in [2.05, 4.69) is 10.5 Å². The van der Waals surface area contributed by atoms with Crippen molar-refractivity contribution < 1.29 is 14.1 Å². The summed E-state index contributed by atoms with van der Waals surface area (Å²) in [4.78, 5) is 25.9. The average molecular weight is 280 g/mol. The molecule has 0 bridgehead atoms. The molecule has 0 saturated carbocycles. The Morgan fingerprint density at radius 3 is 3.05 bits per heavy atom. The number of piperidine rings is 1. The largest absolute Gasteiger partial charge is 0.355 e. The van der Waals surface area contributed by atoms with Crippen molar-refractivity contribution in [2.24, 2.45) is 11.7 Å². The maximum absolute atomic E-state index is 12.3. The van der Waals surface area contributed by atoms with Crippen LogP contribution in [0.3, 0.4) is 0 Å². The molecule has 1 fully saturated rings. The van der Waals surface area contributed by atoms with Crippen LogP contribution in [0, 0.1) is 12.8 Å². The number of carbonyl (C=O) groups excluding carboxylic acids is 2. The molecule has 1 aromatic rings. The summed E-state index contributed by atoms with van der Waals surface area (Å²) in [5.41, 5.74) is 6.08. The fraction of sp³-hybridized carbons (Fsp3) is 0.615. The third-order valence-electron chi connectivity index (χ3n) is 3.47. The summed E-state index contributed by atoms with van der Waals surface area (Å²) in [7, 11) is 0. The zero-order valence-corrected chi connectivity index (χ0v) is 11.6. The van der Waals surface area contributed by atoms with Gasteiger partial charge in [0.05, 0.1) is 12.1 Å². The number of hydrogen-bond donors (Lipinski definition) is 2. The van der Waals surface area contributed by atoms with Gasteiger partial charge in [-0.15, -0.1) is 0 Å². The van der Waals surface area contributed by atoms with E-state index in [1.165, 1.54) is 6.20 Å². The van der Waals surface area contributed by atoms with Crippen LogP contribution in [-0.4, -0.2) is 48.0 Å². The molecule has 2 rings (SSSR count). The molecule has 2 heterocycles. The summed E-state index contributed by atoms with van der Waals surface area (Å²) >= 11 is 0. The molecule has 1 aromatic heterocycles. The van der Waals surface area contributed by atoms with Crippen LogP contribution in [0.5, 0.6) is 0 Å². The minimum atomic E-state index is -0.198. The number of likely N-dealkylation sites (tertiary alicyclic amines) is 1. The number of nitrogens with one attached hydrogen (secondary N) is 1. The lowest BCUT2D eigenvalue weighted by Crippen LogP contribution is -2.46. The van der Waals surface area contributed by atoms with Crippen LogP contribution in [0.4, 0.5) is 0 Å². The van der Waals surface area contributed by atoms with Gasteiger partial charge in [0.1, 0.15) is 0 Å². The van der Waals surface area contributed by atoms with E-state index in [0.29, 0.717) is 31.7 Å². The molecule has 7 nitrogen and oxygen atoms in total. The topological polar surface area (TPSA) is 101 Å². The van der Waals surface area contributed by atoms with E-state index in [1.54, 1.807) is 11.8 Å². The Morgan fingerprint density at radius 2 is 2.40 bits per heavy atom. The molecule has 0 aromatic carbocycles. The van der Waals surface area contributed by atoms with Crippen molar-refractivity contribution >= 4 is 11.8 Å². The molecular formula is C13H20N4O3. The number of carbonyl (C=O) groups is 2. The van der Waals surface area contributed by atoms with Crippen molar-refractivity contribution in [3.63, 3.8) is 0 Å². The fourth-order valence-electron chi connectivity index (χ4n) is 2.36. The van der Waals surface area contributed by atoms with Crippen molar-refractivity contribution in [1.29, 1.82) is 0 Å². The smallest absolute Gasteiger partial charge is 0.292 e. The lowest BCUT2D eigenvalue weighted by molar-refractivity contribution is -0.126. The molecule has 0 spiro atoms. The molecule has 0 aliphatic carbocycles. The molecule has 1 unspecified atom stereocenters. The Balaban J connectivity index is 1.98. The summed E-state index contributed by atoms with van der Waals surface area (Å²) in [6.45, 7) is 3.71. The third kappa shape index (κ3) is 3.16. The highest BCUT2D eigenvalue weighted by Crippen LogP contribution is 2.19. The van der Waals surface area contributed by atoms with Gasteiger partial charge in [-0.1, -0.05) is 5.16 Å². The predicted molar refractivity (Wildman–Crippen MR) is 71.9 cm³/mol. The van der Waals surface area contributed by atoms with Gasteiger partial charge in [0.25, 0.3) is 5.91 Å². The van der Waals surface area contributed by atoms with E-state index in [0.717, 1.165) is 12.8 Å². The first kappa shape index (κ1) is 14.5. The van der Waals surface area contributed by atoms with Gasteiger partial charge in [-0.25, -0.2) is 0 Å². The summed E-state index contributed by atoms with van der Waals surface area (Å²) in [6.07, 6.45) is 3.11. The summed E-state index contributed by atoms with van der Waals surface area (Å²) in [5, 5.41) is 6.39. The van der Waals surface area contributed by atoms with Crippen LogP contribution in [-0.2, 0) is 4.79 Å². The Hall–Kier alpha value is -1.89. The number of nitrogens with zero attached hydrogens (tertiary/aromatic N) is 2. The van der Waals surface area contributed by atoms with Crippen LogP contribution >= 0.6 is 0 Å². The van der Waals surface area contributed by atoms with Gasteiger partial charge in [-0.05, 0) is 19.8 Å². The van der Waals surface area contributed by atoms with Crippen LogP contribution < -0.4 is 11.1 Å². The molecule has 1 saturated heterocycles. The summed E-state index contributed by atoms with van der Waals surface area (Å²) in [6, 6.07) is 0. The maximum Gasteiger partial charge on any atom is 0.292 e. The average Bonchev–Trinajstić information content (AvgIpc) is 2.90. The second kappa shape index (κ2) is 6.51. The first-order valence-corrected chi connectivity index (χ1v) is 6.81. The molecule has 1 aliphatic rings. The van der Waals surface area contributed by atoms with Crippen LogP contribution in [0.2, 0.25) is 0 Å². The van der Waals surface area contributed by atoms with Crippen LogP contribution in [0.1, 0.15) is 29.0 Å². The number of aryl methyl sites for hydroxylation is 1. The number of hydrogen-bond acceptors (Lipinski definition) is 5. The highest BCUT2D eigenvalue weighted by atomic mass is 16.5. The SMILES string of the molecule is Cc1cnoc1C(=O)N1CCCC(C(=O)NCCN)C1. The standard InChI is InChI=1S/C13H20N4O3/c1-9-7-16-20-11(9)13(19)17-6-2-3-10(8-17)12(18)15-5-4-14/h7,10H,2-6,8,14H2,1H3,(H,15,18). The number of nitrogens with two attached hydrogens (primary N) is 1. The van der Waals surface area contributed by atoms with E-state index in [-0.39, 0.29) is 23.5 Å². The number of rotatable bonds is 4. The Morgan fingerprint density at radius 1 is 1.60 bits per heavy atom. The Bertz CT molecular complexity index is 486. The summed E-state index contributed by atoms with van der Waals surface area (Å²) < 4.78 is 4.98. The molecule has 110 valence electrons. The lowest BCUT2D eigenvalue weighted by atomic mass is 9.96. The number of amides is 2. The van der Waals surface area contributed by atoms with Crippen molar-refractivity contribution in [3.05, 3.63) is 17.5 Å². The minimum absolute atomic E-state index is 0.0396. The van der Waals surface area contributed by atoms with Crippen LogP contribution in [0.25, 0.3) is 0 Å². The number of aromatic nitrogens is 1. The first-order chi connectivity index (χ1) is 9.63. The minimum Gasteiger partial charge on any atom is -0.355 e. The molecule has 1 aliphatic heterocycles. The molecular weight excluding hydrogens is 260 g/mol. The maximum atomic E-state index is 12.3. The highest BCUT2D eigenvalue weighted by Gasteiger charge is 2.30. The zero-order valence-electron chi connectivity index (χ0n) is 11.6. The Kier molecular flexibility index (Phi) is 4.73. The van der Waals surface area contributed by atoms with Gasteiger partial charge in [-0.2, -0.15) is 0 Å². The molecule has 20 heavy (non-hydrogen) atoms. The molecule has 1 atom stereocenters. The molecule has 0 radical (unpaired) electrons. The van der Waals surface area contributed by atoms with Gasteiger partial charge < -0.3 is 20.5 Å². The summed E-state index contributed by atoms with van der Waals surface area (Å²) in [5.74, 6) is -0.158. The van der Waals surface area contributed by atoms with Gasteiger partial charge in [0.2, 0.25) is 11.7 Å². The fourth-order valence-corrected chi connectivity index (χ4v) is 2.36. The quantitative estimate of drug-likeness (QED) is 0.802. The van der Waals surface area contributed by atoms with E-state index >= 15 is 0 Å². The highest BCUT2D eigenvalue weighted by molar-refractivity contribution is 5.93. The van der Waals surface area contributed by atoms with Crippen LogP contribution in [0.15, 0.2) is 10.7 Å². The second-order valence-electron chi connectivity index (χ2n) is 5.01. The van der Waals surface area contributed by atoms with E-state index in [4.69, 9.17) is 10.3 Å². The van der Waals surface area contributed by atoms with E-state index in [1.807, 2.05) is 0 Å². The monoisotopic (exact) mass is 280 g/mol.